The Morgan fingerprint density at radius 3 is 1.65 bits per heavy atom. The molecule has 20 heavy (non-hydrogen) atoms. The largest absolute Gasteiger partial charge is 0.375 e. The molecule has 0 saturated heterocycles. The van der Waals surface area contributed by atoms with Gasteiger partial charge in [-0.3, -0.25) is 0 Å². The lowest BCUT2D eigenvalue weighted by atomic mass is 9.87. The Hall–Kier alpha value is -0.210. The summed E-state index contributed by atoms with van der Waals surface area (Å²) in [4.78, 5) is 0. The molecule has 10 heteroatoms. The average Bonchev–Trinajstić information content (AvgIpc) is 2.26. The first kappa shape index (κ1) is 19.8. The number of hydrogen-bond acceptors (Lipinski definition) is 1. The van der Waals surface area contributed by atoms with Gasteiger partial charge in [0.2, 0.25) is 0 Å². The third-order valence-electron chi connectivity index (χ3n) is 2.79. The molecule has 2 unspecified atom stereocenters. The Balaban J connectivity index is 5.97. The second-order valence-electron chi connectivity index (χ2n) is 4.15. The second kappa shape index (κ2) is 5.53. The third kappa shape index (κ3) is 2.74. The van der Waals surface area contributed by atoms with Crippen molar-refractivity contribution >= 4 is 23.2 Å². The molecule has 2 atom stereocenters. The van der Waals surface area contributed by atoms with Crippen LogP contribution in [0.25, 0.3) is 0 Å². The molecular formula is C10H11Cl2F7O. The van der Waals surface area contributed by atoms with E-state index in [0.717, 1.165) is 6.08 Å². The maximum absolute atomic E-state index is 13.8. The molecule has 120 valence electrons. The zero-order valence-electron chi connectivity index (χ0n) is 10.3. The van der Waals surface area contributed by atoms with Crippen molar-refractivity contribution in [3.05, 3.63) is 12.7 Å². The van der Waals surface area contributed by atoms with Gasteiger partial charge in [0, 0.05) is 7.11 Å². The van der Waals surface area contributed by atoms with E-state index < -0.39 is 34.4 Å². The molecule has 0 bridgehead atoms. The van der Waals surface area contributed by atoms with Gasteiger partial charge < -0.3 is 4.74 Å². The van der Waals surface area contributed by atoms with Crippen molar-refractivity contribution in [2.24, 2.45) is 0 Å². The van der Waals surface area contributed by atoms with Gasteiger partial charge in [0.1, 0.15) is 5.60 Å². The van der Waals surface area contributed by atoms with Crippen molar-refractivity contribution in [2.75, 3.05) is 7.11 Å². The standard InChI is InChI=1S/C10H11Cl2F7O/c1-4-5-6(2,20-3)8(14,15)9(16,17)7(11,13)10(12,18)19/h4H,1,5H2,2-3H3. The lowest BCUT2D eigenvalue weighted by molar-refractivity contribution is -0.332. The van der Waals surface area contributed by atoms with Crippen molar-refractivity contribution in [3.63, 3.8) is 0 Å². The number of alkyl halides is 9. The lowest BCUT2D eigenvalue weighted by Gasteiger charge is -2.43. The van der Waals surface area contributed by atoms with Gasteiger partial charge in [-0.15, -0.1) is 6.58 Å². The van der Waals surface area contributed by atoms with Gasteiger partial charge >= 0.3 is 22.4 Å². The highest BCUT2D eigenvalue weighted by atomic mass is 35.5. The van der Waals surface area contributed by atoms with Crippen LogP contribution >= 0.6 is 23.2 Å². The summed E-state index contributed by atoms with van der Waals surface area (Å²) < 4.78 is 97.5. The summed E-state index contributed by atoms with van der Waals surface area (Å²) in [6, 6.07) is 0. The molecule has 0 aromatic carbocycles. The fourth-order valence-electron chi connectivity index (χ4n) is 1.32. The minimum absolute atomic E-state index is 0.474. The quantitative estimate of drug-likeness (QED) is 0.357. The minimum atomic E-state index is -6.03. The summed E-state index contributed by atoms with van der Waals surface area (Å²) in [6.45, 7) is 3.52. The topological polar surface area (TPSA) is 9.23 Å². The normalized spacial score (nSPS) is 20.1. The van der Waals surface area contributed by atoms with E-state index in [2.05, 4.69) is 34.5 Å². The maximum Gasteiger partial charge on any atom is 0.375 e. The van der Waals surface area contributed by atoms with Gasteiger partial charge in [-0.25, -0.2) is 4.39 Å². The van der Waals surface area contributed by atoms with E-state index in [-0.39, 0.29) is 0 Å². The molecule has 0 amide bonds. The van der Waals surface area contributed by atoms with Crippen LogP contribution in [0.2, 0.25) is 0 Å². The van der Waals surface area contributed by atoms with E-state index in [1.807, 2.05) is 0 Å². The SMILES string of the molecule is C=CCC(C)(OC)C(F)(F)C(F)(F)C(F)(Cl)C(F)(F)Cl. The van der Waals surface area contributed by atoms with Crippen LogP contribution in [0.3, 0.4) is 0 Å². The van der Waals surface area contributed by atoms with Crippen molar-refractivity contribution in [1.82, 2.24) is 0 Å². The van der Waals surface area contributed by atoms with E-state index in [4.69, 9.17) is 0 Å². The van der Waals surface area contributed by atoms with Crippen LogP contribution in [-0.4, -0.2) is 35.1 Å². The molecule has 0 spiro atoms. The Morgan fingerprint density at radius 1 is 1.00 bits per heavy atom. The number of hydrogen-bond donors (Lipinski definition) is 0. The number of ether oxygens (including phenoxy) is 1. The van der Waals surface area contributed by atoms with Gasteiger partial charge in [-0.05, 0) is 24.9 Å². The predicted molar refractivity (Wildman–Crippen MR) is 60.6 cm³/mol. The smallest absolute Gasteiger partial charge is 0.372 e. The molecule has 1 nitrogen and oxygen atoms in total. The first-order chi connectivity index (χ1) is 8.62. The molecule has 0 aromatic rings. The van der Waals surface area contributed by atoms with E-state index >= 15 is 0 Å². The maximum atomic E-state index is 13.8. The van der Waals surface area contributed by atoms with Crippen molar-refractivity contribution in [1.29, 1.82) is 0 Å². The third-order valence-corrected chi connectivity index (χ3v) is 3.63. The van der Waals surface area contributed by atoms with E-state index in [9.17, 15) is 30.7 Å². The van der Waals surface area contributed by atoms with Gasteiger partial charge in [0.25, 0.3) is 0 Å². The molecule has 0 N–H and O–H groups in total. The fourth-order valence-corrected chi connectivity index (χ4v) is 1.56. The molecule has 0 aliphatic carbocycles. The molecule has 0 heterocycles. The molecule has 0 aliphatic rings. The summed E-state index contributed by atoms with van der Waals surface area (Å²) in [5.41, 5.74) is -3.02. The fraction of sp³-hybridized carbons (Fsp3) is 0.800. The van der Waals surface area contributed by atoms with E-state index in [0.29, 0.717) is 14.0 Å². The molecule has 0 radical (unpaired) electrons. The minimum Gasteiger partial charge on any atom is -0.372 e. The Morgan fingerprint density at radius 2 is 1.40 bits per heavy atom. The summed E-state index contributed by atoms with van der Waals surface area (Å²) in [7, 11) is 0.625. The van der Waals surface area contributed by atoms with Crippen LogP contribution < -0.4 is 0 Å². The van der Waals surface area contributed by atoms with Gasteiger partial charge in [-0.1, -0.05) is 17.7 Å². The lowest BCUT2D eigenvalue weighted by Crippen LogP contribution is -2.67. The zero-order chi connectivity index (χ0) is 16.6. The predicted octanol–water partition coefficient (Wildman–Crippen LogP) is 4.97. The molecule has 0 aliphatic heterocycles. The van der Waals surface area contributed by atoms with Crippen LogP contribution in [0.5, 0.6) is 0 Å². The summed E-state index contributed by atoms with van der Waals surface area (Å²) in [5, 5.41) is -11.0. The Kier molecular flexibility index (Phi) is 5.47. The van der Waals surface area contributed by atoms with Gasteiger partial charge in [0.05, 0.1) is 0 Å². The van der Waals surface area contributed by atoms with Crippen LogP contribution in [0.4, 0.5) is 30.7 Å². The Labute approximate surface area is 120 Å². The van der Waals surface area contributed by atoms with Crippen molar-refractivity contribution in [2.45, 2.75) is 41.3 Å². The summed E-state index contributed by atoms with van der Waals surface area (Å²) in [5.74, 6) is -11.4. The Bertz CT molecular complexity index is 367. The van der Waals surface area contributed by atoms with Crippen molar-refractivity contribution < 1.29 is 35.5 Å². The van der Waals surface area contributed by atoms with Gasteiger partial charge in [0.15, 0.2) is 0 Å². The highest BCUT2D eigenvalue weighted by molar-refractivity contribution is 6.33. The monoisotopic (exact) mass is 350 g/mol. The highest BCUT2D eigenvalue weighted by Gasteiger charge is 2.82. The van der Waals surface area contributed by atoms with Gasteiger partial charge in [-0.2, -0.15) is 26.3 Å². The molecular weight excluding hydrogens is 340 g/mol. The first-order valence-corrected chi connectivity index (χ1v) is 5.74. The number of rotatable bonds is 7. The van der Waals surface area contributed by atoms with E-state index in [1.54, 1.807) is 0 Å². The van der Waals surface area contributed by atoms with Crippen LogP contribution in [0.1, 0.15) is 13.3 Å². The average molecular weight is 351 g/mol. The van der Waals surface area contributed by atoms with E-state index in [1.165, 1.54) is 0 Å². The van der Waals surface area contributed by atoms with Crippen LogP contribution in [-0.2, 0) is 4.74 Å². The van der Waals surface area contributed by atoms with Crippen LogP contribution in [0.15, 0.2) is 12.7 Å². The molecule has 0 rings (SSSR count). The summed E-state index contributed by atoms with van der Waals surface area (Å²) in [6.07, 6.45) is -0.104. The van der Waals surface area contributed by atoms with Crippen LogP contribution in [0, 0.1) is 0 Å². The number of halogens is 9. The van der Waals surface area contributed by atoms with Crippen molar-refractivity contribution in [3.8, 4) is 0 Å². The first-order valence-electron chi connectivity index (χ1n) is 4.98. The molecule has 0 fully saturated rings. The molecule has 0 aromatic heterocycles. The highest BCUT2D eigenvalue weighted by Crippen LogP contribution is 2.58. The number of methoxy groups -OCH3 is 1. The second-order valence-corrected chi connectivity index (χ2v) is 5.14. The molecule has 0 saturated carbocycles. The summed E-state index contributed by atoms with van der Waals surface area (Å²) >= 11 is 8.36. The zero-order valence-corrected chi connectivity index (χ0v) is 11.8.